The van der Waals surface area contributed by atoms with Gasteiger partial charge >= 0.3 is 0 Å². The number of piperazine rings is 2. The number of pyridine rings is 1. The van der Waals surface area contributed by atoms with Gasteiger partial charge in [0, 0.05) is 87.0 Å². The summed E-state index contributed by atoms with van der Waals surface area (Å²) in [5.74, 6) is -2.65. The Kier molecular flexibility index (Phi) is 9.69. The van der Waals surface area contributed by atoms with E-state index in [9.17, 15) is 32.4 Å². The molecular formula is C38H39ClN8O7S. The predicted molar refractivity (Wildman–Crippen MR) is 205 cm³/mol. The Morgan fingerprint density at radius 3 is 2.42 bits per heavy atom. The van der Waals surface area contributed by atoms with Gasteiger partial charge in [-0.25, -0.2) is 13.4 Å². The van der Waals surface area contributed by atoms with Crippen molar-refractivity contribution in [2.45, 2.75) is 32.2 Å². The van der Waals surface area contributed by atoms with Gasteiger partial charge in [-0.1, -0.05) is 30.7 Å². The second-order valence-electron chi connectivity index (χ2n) is 14.1. The minimum atomic E-state index is -3.72. The zero-order valence-corrected chi connectivity index (χ0v) is 31.7. The Morgan fingerprint density at radius 2 is 1.67 bits per heavy atom. The van der Waals surface area contributed by atoms with Crippen LogP contribution >= 0.6 is 11.6 Å². The highest BCUT2D eigenvalue weighted by molar-refractivity contribution is 7.89. The highest BCUT2D eigenvalue weighted by atomic mass is 35.5. The van der Waals surface area contributed by atoms with Gasteiger partial charge in [-0.05, 0) is 54.3 Å². The fourth-order valence-corrected chi connectivity index (χ4v) is 9.64. The Hall–Kier alpha value is -5.16. The summed E-state index contributed by atoms with van der Waals surface area (Å²) in [6, 6.07) is 11.5. The van der Waals surface area contributed by atoms with Crippen LogP contribution < -0.4 is 15.1 Å². The largest absolute Gasteiger partial charge is 0.369 e. The van der Waals surface area contributed by atoms with Crippen molar-refractivity contribution < 1.29 is 32.4 Å². The van der Waals surface area contributed by atoms with Crippen molar-refractivity contribution in [2.75, 3.05) is 67.9 Å². The fraction of sp³-hybridized carbons (Fsp3) is 0.368. The molecule has 5 amide bonds. The molecule has 0 radical (unpaired) electrons. The molecule has 1 unspecified atom stereocenters. The summed E-state index contributed by atoms with van der Waals surface area (Å²) < 4.78 is 28.2. The minimum absolute atomic E-state index is 0.0484. The topological polar surface area (TPSA) is 176 Å². The molecule has 2 N–H and O–H groups in total. The second kappa shape index (κ2) is 14.5. The summed E-state index contributed by atoms with van der Waals surface area (Å²) in [6.07, 6.45) is 4.55. The molecule has 17 heteroatoms. The van der Waals surface area contributed by atoms with Gasteiger partial charge in [0.1, 0.15) is 11.7 Å². The maximum Gasteiger partial charge on any atom is 0.262 e. The highest BCUT2D eigenvalue weighted by Crippen LogP contribution is 2.37. The molecule has 286 valence electrons. The van der Waals surface area contributed by atoms with Crippen LogP contribution in [0.15, 0.2) is 54.9 Å². The number of carbonyl (C=O) groups is 5. The number of aryl methyl sites for hydroxylation is 1. The number of carbonyl (C=O) groups excluding carboxylic acids is 5. The minimum Gasteiger partial charge on any atom is -0.369 e. The number of nitrogens with zero attached hydrogens (tertiary/aromatic N) is 6. The smallest absolute Gasteiger partial charge is 0.262 e. The van der Waals surface area contributed by atoms with Gasteiger partial charge < -0.3 is 14.8 Å². The van der Waals surface area contributed by atoms with Crippen LogP contribution in [0, 0.1) is 0 Å². The molecule has 1 atom stereocenters. The zero-order chi connectivity index (χ0) is 38.6. The van der Waals surface area contributed by atoms with E-state index in [2.05, 4.69) is 32.0 Å². The highest BCUT2D eigenvalue weighted by Gasteiger charge is 2.45. The third kappa shape index (κ3) is 6.77. The van der Waals surface area contributed by atoms with Crippen LogP contribution in [0.4, 0.5) is 11.4 Å². The van der Waals surface area contributed by atoms with Crippen LogP contribution in [-0.4, -0.2) is 126 Å². The van der Waals surface area contributed by atoms with Crippen molar-refractivity contribution in [3.8, 4) is 11.1 Å². The number of fused-ring (bicyclic) bond motifs is 2. The Bertz CT molecular complexity index is 2370. The van der Waals surface area contributed by atoms with Gasteiger partial charge in [0.05, 0.1) is 28.4 Å². The van der Waals surface area contributed by atoms with Crippen molar-refractivity contribution in [1.82, 2.24) is 29.4 Å². The lowest BCUT2D eigenvalue weighted by atomic mass is 10.0. The molecule has 6 heterocycles. The average molecular weight is 787 g/mol. The van der Waals surface area contributed by atoms with E-state index in [-0.39, 0.29) is 55.3 Å². The number of piperidine rings is 1. The molecule has 4 aromatic rings. The quantitative estimate of drug-likeness (QED) is 0.240. The molecule has 0 saturated carbocycles. The number of hydrogen-bond acceptors (Lipinski definition) is 10. The van der Waals surface area contributed by atoms with Crippen LogP contribution in [-0.2, 0) is 30.8 Å². The van der Waals surface area contributed by atoms with Crippen molar-refractivity contribution in [2.24, 2.45) is 0 Å². The van der Waals surface area contributed by atoms with Crippen molar-refractivity contribution in [3.05, 3.63) is 76.6 Å². The van der Waals surface area contributed by atoms with E-state index in [0.717, 1.165) is 39.1 Å². The fourth-order valence-electron chi connectivity index (χ4n) is 7.86. The number of anilines is 2. The van der Waals surface area contributed by atoms with Crippen LogP contribution in [0.3, 0.4) is 0 Å². The number of aromatic amines is 1. The molecule has 4 aliphatic heterocycles. The summed E-state index contributed by atoms with van der Waals surface area (Å²) in [4.78, 5) is 78.1. The van der Waals surface area contributed by atoms with E-state index in [1.54, 1.807) is 29.3 Å². The van der Waals surface area contributed by atoms with E-state index in [0.29, 0.717) is 49.1 Å². The summed E-state index contributed by atoms with van der Waals surface area (Å²) in [5.41, 5.74) is 5.16. The molecule has 0 aliphatic carbocycles. The standard InChI is InChI=1S/C38H39ClN8O7S/c1-2-23-20-40-35-33(23)34(39)29(21-41-35)24-4-3-5-26(18-24)46-15-14-45(22-32(46)49)55(53,54)17-16-43-10-12-44(13-11-43)25-6-7-27-28(19-25)38(52)47(37(27)51)30-8-9-31(48)42-36(30)50/h3-7,18-21,30H,2,8-17,22H2,1H3,(H,40,41)(H,42,48,50). The van der Waals surface area contributed by atoms with Gasteiger partial charge in [0.2, 0.25) is 27.7 Å². The van der Waals surface area contributed by atoms with Crippen molar-refractivity contribution >= 4 is 73.6 Å². The summed E-state index contributed by atoms with van der Waals surface area (Å²) >= 11 is 6.86. The Balaban J connectivity index is 0.852. The molecule has 0 spiro atoms. The molecule has 3 saturated heterocycles. The van der Waals surface area contributed by atoms with Crippen molar-refractivity contribution in [1.29, 1.82) is 0 Å². The first kappa shape index (κ1) is 36.8. The first-order valence-corrected chi connectivity index (χ1v) is 20.3. The Labute approximate surface area is 322 Å². The maximum absolute atomic E-state index is 13.4. The molecule has 4 aliphatic rings. The number of imide groups is 2. The number of amides is 5. The average Bonchev–Trinajstić information content (AvgIpc) is 3.72. The van der Waals surface area contributed by atoms with Crippen LogP contribution in [0.1, 0.15) is 46.0 Å². The molecule has 55 heavy (non-hydrogen) atoms. The molecular weight excluding hydrogens is 748 g/mol. The van der Waals surface area contributed by atoms with Gasteiger partial charge in [0.25, 0.3) is 11.8 Å². The molecule has 2 aromatic heterocycles. The molecule has 15 nitrogen and oxygen atoms in total. The van der Waals surface area contributed by atoms with Gasteiger partial charge in [-0.15, -0.1) is 0 Å². The van der Waals surface area contributed by atoms with E-state index >= 15 is 0 Å². The third-order valence-corrected chi connectivity index (χ3v) is 13.2. The zero-order valence-electron chi connectivity index (χ0n) is 30.1. The maximum atomic E-state index is 13.4. The van der Waals surface area contributed by atoms with Gasteiger partial charge in [-0.3, -0.25) is 39.1 Å². The number of H-pyrrole nitrogens is 1. The number of rotatable bonds is 9. The van der Waals surface area contributed by atoms with Crippen molar-refractivity contribution in [3.63, 3.8) is 0 Å². The van der Waals surface area contributed by atoms with Crippen LogP contribution in [0.5, 0.6) is 0 Å². The lowest BCUT2D eigenvalue weighted by Gasteiger charge is -2.37. The van der Waals surface area contributed by atoms with Gasteiger partial charge in [-0.2, -0.15) is 4.31 Å². The Morgan fingerprint density at radius 1 is 0.891 bits per heavy atom. The summed E-state index contributed by atoms with van der Waals surface area (Å²) in [7, 11) is -3.72. The molecule has 8 rings (SSSR count). The van der Waals surface area contributed by atoms with E-state index in [1.165, 1.54) is 4.31 Å². The van der Waals surface area contributed by atoms with E-state index in [4.69, 9.17) is 11.6 Å². The number of nitrogens with one attached hydrogen (secondary N) is 2. The normalized spacial score (nSPS) is 20.1. The second-order valence-corrected chi connectivity index (χ2v) is 16.6. The van der Waals surface area contributed by atoms with E-state index < -0.39 is 39.7 Å². The molecule has 2 aromatic carbocycles. The van der Waals surface area contributed by atoms with Crippen LogP contribution in [0.2, 0.25) is 5.02 Å². The molecule has 3 fully saturated rings. The number of benzene rings is 2. The summed E-state index contributed by atoms with van der Waals surface area (Å²) in [6.45, 7) is 4.75. The number of halogens is 1. The van der Waals surface area contributed by atoms with Gasteiger partial charge in [0.15, 0.2) is 0 Å². The first-order chi connectivity index (χ1) is 26.4. The SMILES string of the molecule is CCc1c[nH]c2ncc(-c3cccc(N4CCN(S(=O)(=O)CCN5CCN(c6ccc7c(c6)C(=O)N(C6CCC(=O)NC6=O)C7=O)CC5)CC4=O)c3)c(Cl)c12. The lowest BCUT2D eigenvalue weighted by molar-refractivity contribution is -0.136. The lowest BCUT2D eigenvalue weighted by Crippen LogP contribution is -2.54. The predicted octanol–water partition coefficient (Wildman–Crippen LogP) is 2.65. The number of sulfonamides is 1. The molecule has 0 bridgehead atoms. The first-order valence-electron chi connectivity index (χ1n) is 18.3. The monoisotopic (exact) mass is 786 g/mol. The number of hydrogen-bond donors (Lipinski definition) is 2. The van der Waals surface area contributed by atoms with Crippen LogP contribution in [0.25, 0.3) is 22.2 Å². The van der Waals surface area contributed by atoms with E-state index in [1.807, 2.05) is 30.5 Å². The number of aromatic nitrogens is 2. The summed E-state index contributed by atoms with van der Waals surface area (Å²) in [5, 5.41) is 3.66. The third-order valence-electron chi connectivity index (χ3n) is 11.0.